The molecule has 0 aliphatic carbocycles. The van der Waals surface area contributed by atoms with Gasteiger partial charge in [0.15, 0.2) is 5.82 Å². The van der Waals surface area contributed by atoms with Gasteiger partial charge in [0.25, 0.3) is 5.91 Å². The van der Waals surface area contributed by atoms with Gasteiger partial charge in [0.2, 0.25) is 0 Å². The smallest absolute Gasteiger partial charge is 0.259 e. The van der Waals surface area contributed by atoms with Crippen LogP contribution in [0.15, 0.2) is 34.8 Å². The second-order valence-corrected chi connectivity index (χ2v) is 5.06. The number of hydrogen-bond acceptors (Lipinski definition) is 1. The van der Waals surface area contributed by atoms with Crippen LogP contribution >= 0.6 is 27.5 Å². The minimum Gasteiger partial charge on any atom is -0.318 e. The average Bonchev–Trinajstić information content (AvgIpc) is 2.33. The lowest BCUT2D eigenvalue weighted by Crippen LogP contribution is -2.16. The largest absolute Gasteiger partial charge is 0.318 e. The molecule has 7 heteroatoms. The molecule has 2 nitrogen and oxygen atoms in total. The number of carbonyl (C=O) groups excluding carboxylic acids is 1. The maximum Gasteiger partial charge on any atom is 0.259 e. The van der Waals surface area contributed by atoms with Crippen molar-refractivity contribution in [2.45, 2.75) is 0 Å². The highest BCUT2D eigenvalue weighted by molar-refractivity contribution is 9.10. The molecule has 0 aromatic heterocycles. The Morgan fingerprint density at radius 2 is 1.85 bits per heavy atom. The molecule has 1 amide bonds. The molecule has 0 aliphatic rings. The van der Waals surface area contributed by atoms with E-state index < -0.39 is 29.0 Å². The summed E-state index contributed by atoms with van der Waals surface area (Å²) in [6.07, 6.45) is 0. The van der Waals surface area contributed by atoms with Crippen LogP contribution in [0.5, 0.6) is 0 Å². The molecule has 0 fully saturated rings. The third-order valence-electron chi connectivity index (χ3n) is 2.44. The molecule has 1 N–H and O–H groups in total. The van der Waals surface area contributed by atoms with Gasteiger partial charge in [0.05, 0.1) is 16.3 Å². The third kappa shape index (κ3) is 2.96. The Kier molecular flexibility index (Phi) is 4.35. The van der Waals surface area contributed by atoms with Crippen molar-refractivity contribution in [2.24, 2.45) is 0 Å². The van der Waals surface area contributed by atoms with Gasteiger partial charge in [-0.2, -0.15) is 0 Å². The van der Waals surface area contributed by atoms with Crippen LogP contribution in [-0.2, 0) is 0 Å². The Morgan fingerprint density at radius 1 is 1.15 bits per heavy atom. The maximum atomic E-state index is 13.6. The number of hydrogen-bond donors (Lipinski definition) is 1. The fraction of sp³-hybridized carbons (Fsp3) is 0. The van der Waals surface area contributed by atoms with Gasteiger partial charge in [0, 0.05) is 10.5 Å². The fourth-order valence-corrected chi connectivity index (χ4v) is 2.32. The summed E-state index contributed by atoms with van der Waals surface area (Å²) >= 11 is 8.67. The van der Waals surface area contributed by atoms with Crippen LogP contribution in [0.4, 0.5) is 18.9 Å². The summed E-state index contributed by atoms with van der Waals surface area (Å²) in [5.41, 5.74) is -0.708. The van der Waals surface area contributed by atoms with Gasteiger partial charge in [-0.25, -0.2) is 13.2 Å². The first-order valence-electron chi connectivity index (χ1n) is 5.30. The topological polar surface area (TPSA) is 29.1 Å². The standard InChI is InChI=1S/C13H6BrClF3NO/c14-7-2-1-3-9(17)11(7)13(20)19-12-8(15)4-6(16)5-10(12)18/h1-5H,(H,19,20). The van der Waals surface area contributed by atoms with E-state index in [1.54, 1.807) is 0 Å². The zero-order valence-corrected chi connectivity index (χ0v) is 12.0. The quantitative estimate of drug-likeness (QED) is 0.817. The summed E-state index contributed by atoms with van der Waals surface area (Å²) in [5.74, 6) is -3.61. The van der Waals surface area contributed by atoms with E-state index in [9.17, 15) is 18.0 Å². The highest BCUT2D eigenvalue weighted by Crippen LogP contribution is 2.28. The van der Waals surface area contributed by atoms with Crippen molar-refractivity contribution < 1.29 is 18.0 Å². The van der Waals surface area contributed by atoms with Crippen LogP contribution in [0.25, 0.3) is 0 Å². The van der Waals surface area contributed by atoms with Crippen molar-refractivity contribution in [1.82, 2.24) is 0 Å². The first-order valence-corrected chi connectivity index (χ1v) is 6.47. The Morgan fingerprint density at radius 3 is 2.45 bits per heavy atom. The summed E-state index contributed by atoms with van der Waals surface area (Å²) in [7, 11) is 0. The minimum atomic E-state index is -1.05. The molecule has 0 saturated carbocycles. The number of nitrogens with one attached hydrogen (secondary N) is 1. The summed E-state index contributed by atoms with van der Waals surface area (Å²) in [6, 6.07) is 5.36. The molecule has 20 heavy (non-hydrogen) atoms. The van der Waals surface area contributed by atoms with E-state index in [1.807, 2.05) is 0 Å². The number of rotatable bonds is 2. The summed E-state index contributed by atoms with van der Waals surface area (Å²) < 4.78 is 40.2. The highest BCUT2D eigenvalue weighted by atomic mass is 79.9. The minimum absolute atomic E-state index is 0.202. The first kappa shape index (κ1) is 14.9. The predicted octanol–water partition coefficient (Wildman–Crippen LogP) is 4.77. The maximum absolute atomic E-state index is 13.6. The van der Waals surface area contributed by atoms with Crippen molar-refractivity contribution in [3.05, 3.63) is 62.8 Å². The van der Waals surface area contributed by atoms with Crippen molar-refractivity contribution in [3.63, 3.8) is 0 Å². The molecule has 0 heterocycles. The van der Waals surface area contributed by atoms with E-state index in [-0.39, 0.29) is 15.1 Å². The van der Waals surface area contributed by atoms with Gasteiger partial charge < -0.3 is 5.32 Å². The molecule has 0 spiro atoms. The van der Waals surface area contributed by atoms with E-state index in [2.05, 4.69) is 21.2 Å². The Hall–Kier alpha value is -1.53. The van der Waals surface area contributed by atoms with Crippen molar-refractivity contribution in [3.8, 4) is 0 Å². The first-order chi connectivity index (χ1) is 9.40. The van der Waals surface area contributed by atoms with Crippen molar-refractivity contribution >= 4 is 39.1 Å². The Balaban J connectivity index is 2.38. The summed E-state index contributed by atoms with van der Waals surface area (Å²) in [6.45, 7) is 0. The van der Waals surface area contributed by atoms with E-state index in [4.69, 9.17) is 11.6 Å². The van der Waals surface area contributed by atoms with E-state index in [0.717, 1.165) is 12.1 Å². The average molecular weight is 365 g/mol. The van der Waals surface area contributed by atoms with Gasteiger partial charge in [-0.15, -0.1) is 0 Å². The highest BCUT2D eigenvalue weighted by Gasteiger charge is 2.19. The molecule has 0 unspecified atom stereocenters. The number of carbonyl (C=O) groups is 1. The van der Waals surface area contributed by atoms with Crippen molar-refractivity contribution in [2.75, 3.05) is 5.32 Å². The number of halogens is 5. The van der Waals surface area contributed by atoms with Crippen LogP contribution in [0.1, 0.15) is 10.4 Å². The van der Waals surface area contributed by atoms with E-state index in [1.165, 1.54) is 12.1 Å². The predicted molar refractivity (Wildman–Crippen MR) is 73.4 cm³/mol. The molecule has 0 aliphatic heterocycles. The molecule has 2 rings (SSSR count). The fourth-order valence-electron chi connectivity index (χ4n) is 1.55. The second kappa shape index (κ2) is 5.85. The van der Waals surface area contributed by atoms with Crippen molar-refractivity contribution in [1.29, 1.82) is 0 Å². The van der Waals surface area contributed by atoms with Gasteiger partial charge in [0.1, 0.15) is 11.6 Å². The van der Waals surface area contributed by atoms with E-state index >= 15 is 0 Å². The number of benzene rings is 2. The van der Waals surface area contributed by atoms with Crippen LogP contribution in [-0.4, -0.2) is 5.91 Å². The molecular formula is C13H6BrClF3NO. The molecule has 0 saturated heterocycles. The van der Waals surface area contributed by atoms with Crippen LogP contribution in [0.3, 0.4) is 0 Å². The van der Waals surface area contributed by atoms with Gasteiger partial charge in [-0.3, -0.25) is 4.79 Å². The summed E-state index contributed by atoms with van der Waals surface area (Å²) in [5, 5.41) is 1.80. The lowest BCUT2D eigenvalue weighted by molar-refractivity contribution is 0.102. The Bertz CT molecular complexity index is 650. The van der Waals surface area contributed by atoms with Gasteiger partial charge in [-0.1, -0.05) is 17.7 Å². The second-order valence-electron chi connectivity index (χ2n) is 3.80. The monoisotopic (exact) mass is 363 g/mol. The van der Waals surface area contributed by atoms with Crippen LogP contribution in [0.2, 0.25) is 5.02 Å². The number of amides is 1. The van der Waals surface area contributed by atoms with Crippen LogP contribution < -0.4 is 5.32 Å². The normalized spacial score (nSPS) is 10.4. The van der Waals surface area contributed by atoms with E-state index in [0.29, 0.717) is 6.07 Å². The molecule has 104 valence electrons. The number of anilines is 1. The molecule has 0 radical (unpaired) electrons. The zero-order valence-electron chi connectivity index (χ0n) is 9.68. The molecule has 2 aromatic carbocycles. The molecule has 2 aromatic rings. The Labute approximate surface area is 125 Å². The molecule has 0 atom stereocenters. The SMILES string of the molecule is O=C(Nc1c(F)cc(F)cc1Cl)c1c(F)cccc1Br. The lowest BCUT2D eigenvalue weighted by atomic mass is 10.2. The zero-order chi connectivity index (χ0) is 14.9. The van der Waals surface area contributed by atoms with Gasteiger partial charge >= 0.3 is 0 Å². The van der Waals surface area contributed by atoms with Crippen LogP contribution in [0, 0.1) is 17.5 Å². The van der Waals surface area contributed by atoms with Gasteiger partial charge in [-0.05, 0) is 34.1 Å². The lowest BCUT2D eigenvalue weighted by Gasteiger charge is -2.10. The summed E-state index contributed by atoms with van der Waals surface area (Å²) in [4.78, 5) is 11.9. The molecule has 0 bridgehead atoms. The third-order valence-corrected chi connectivity index (χ3v) is 3.39. The molecular weight excluding hydrogens is 358 g/mol.